The highest BCUT2D eigenvalue weighted by Crippen LogP contribution is 2.42. The normalized spacial score (nSPS) is 24.1. The van der Waals surface area contributed by atoms with E-state index in [0.29, 0.717) is 0 Å². The van der Waals surface area contributed by atoms with Crippen molar-refractivity contribution in [1.29, 1.82) is 0 Å². The first-order chi connectivity index (χ1) is 9.40. The molecule has 5 heteroatoms. The molecule has 0 saturated heterocycles. The van der Waals surface area contributed by atoms with Gasteiger partial charge < -0.3 is 15.7 Å². The van der Waals surface area contributed by atoms with Crippen molar-refractivity contribution in [3.8, 4) is 0 Å². The van der Waals surface area contributed by atoms with Gasteiger partial charge in [-0.1, -0.05) is 20.8 Å². The molecule has 1 aliphatic carbocycles. The zero-order chi connectivity index (χ0) is 14.9. The highest BCUT2D eigenvalue weighted by atomic mass is 16.3. The van der Waals surface area contributed by atoms with Crippen LogP contribution in [0.2, 0.25) is 0 Å². The number of aliphatic hydroxyl groups excluding tert-OH is 1. The van der Waals surface area contributed by atoms with Gasteiger partial charge in [0.15, 0.2) is 0 Å². The summed E-state index contributed by atoms with van der Waals surface area (Å²) < 4.78 is 0. The van der Waals surface area contributed by atoms with Crippen LogP contribution in [0.1, 0.15) is 45.0 Å². The fraction of sp³-hybridized carbons (Fsp3) is 0.733. The molecule has 2 unspecified atom stereocenters. The molecule has 112 valence electrons. The Morgan fingerprint density at radius 1 is 1.30 bits per heavy atom. The van der Waals surface area contributed by atoms with E-state index in [1.54, 1.807) is 0 Å². The van der Waals surface area contributed by atoms with E-state index >= 15 is 0 Å². The van der Waals surface area contributed by atoms with Crippen molar-refractivity contribution in [1.82, 2.24) is 9.97 Å². The van der Waals surface area contributed by atoms with E-state index in [1.807, 2.05) is 14.0 Å². The molecule has 2 rings (SSSR count). The molecule has 1 aromatic heterocycles. The average molecular weight is 278 g/mol. The highest BCUT2D eigenvalue weighted by Gasteiger charge is 2.47. The monoisotopic (exact) mass is 278 g/mol. The van der Waals surface area contributed by atoms with Gasteiger partial charge in [0.1, 0.15) is 17.5 Å². The van der Waals surface area contributed by atoms with Crippen LogP contribution < -0.4 is 10.6 Å². The van der Waals surface area contributed by atoms with Crippen LogP contribution in [-0.2, 0) is 6.42 Å². The summed E-state index contributed by atoms with van der Waals surface area (Å²) in [4.78, 5) is 9.17. The lowest BCUT2D eigenvalue weighted by Crippen LogP contribution is -2.57. The van der Waals surface area contributed by atoms with E-state index in [1.165, 1.54) is 0 Å². The average Bonchev–Trinajstić information content (AvgIpc) is 2.41. The molecule has 2 atom stereocenters. The van der Waals surface area contributed by atoms with Crippen LogP contribution in [-0.4, -0.2) is 34.3 Å². The fourth-order valence-electron chi connectivity index (χ4n) is 2.59. The number of hydrogen-bond acceptors (Lipinski definition) is 5. The van der Waals surface area contributed by atoms with Crippen molar-refractivity contribution in [2.75, 3.05) is 17.7 Å². The summed E-state index contributed by atoms with van der Waals surface area (Å²) in [5.41, 5.74) is 0.923. The summed E-state index contributed by atoms with van der Waals surface area (Å²) >= 11 is 0. The zero-order valence-corrected chi connectivity index (χ0v) is 13.1. The van der Waals surface area contributed by atoms with Crippen LogP contribution in [0, 0.1) is 12.3 Å². The van der Waals surface area contributed by atoms with Gasteiger partial charge in [-0.2, -0.15) is 0 Å². The van der Waals surface area contributed by atoms with Crippen LogP contribution >= 0.6 is 0 Å². The first-order valence-electron chi connectivity index (χ1n) is 7.40. The lowest BCUT2D eigenvalue weighted by molar-refractivity contribution is -0.0511. The predicted molar refractivity (Wildman–Crippen MR) is 82.1 cm³/mol. The first kappa shape index (κ1) is 15.0. The Morgan fingerprint density at radius 2 is 1.95 bits per heavy atom. The Labute approximate surface area is 121 Å². The number of rotatable bonds is 5. The van der Waals surface area contributed by atoms with Gasteiger partial charge in [0.05, 0.1) is 6.10 Å². The van der Waals surface area contributed by atoms with Gasteiger partial charge in [-0.3, -0.25) is 0 Å². The number of aryl methyl sites for hydroxylation is 1. The van der Waals surface area contributed by atoms with Crippen molar-refractivity contribution < 1.29 is 5.11 Å². The van der Waals surface area contributed by atoms with Gasteiger partial charge >= 0.3 is 0 Å². The van der Waals surface area contributed by atoms with Crippen LogP contribution in [0.25, 0.3) is 0 Å². The van der Waals surface area contributed by atoms with Crippen LogP contribution in [0.15, 0.2) is 0 Å². The van der Waals surface area contributed by atoms with Gasteiger partial charge in [0, 0.05) is 30.5 Å². The fourth-order valence-corrected chi connectivity index (χ4v) is 2.59. The van der Waals surface area contributed by atoms with E-state index in [4.69, 9.17) is 0 Å². The maximum atomic E-state index is 9.85. The van der Waals surface area contributed by atoms with E-state index < -0.39 is 0 Å². The summed E-state index contributed by atoms with van der Waals surface area (Å²) in [5.74, 6) is 2.63. The third-order valence-electron chi connectivity index (χ3n) is 4.43. The summed E-state index contributed by atoms with van der Waals surface area (Å²) in [6.07, 6.45) is 2.44. The quantitative estimate of drug-likeness (QED) is 0.771. The Morgan fingerprint density at radius 3 is 2.45 bits per heavy atom. The van der Waals surface area contributed by atoms with Crippen LogP contribution in [0.3, 0.4) is 0 Å². The van der Waals surface area contributed by atoms with Gasteiger partial charge in [-0.25, -0.2) is 9.97 Å². The van der Waals surface area contributed by atoms with Gasteiger partial charge in [-0.05, 0) is 19.8 Å². The molecular weight excluding hydrogens is 252 g/mol. The molecule has 5 nitrogen and oxygen atoms in total. The minimum absolute atomic E-state index is 0.109. The van der Waals surface area contributed by atoms with E-state index in [2.05, 4.69) is 41.4 Å². The standard InChI is InChI=1S/C15H26N4O/c1-6-7-12-18-13(16-5)9(2)14(19-12)17-10-8-11(20)15(10,3)4/h10-11,20H,6-8H2,1-5H3,(H2,16,17,18,19). The summed E-state index contributed by atoms with van der Waals surface area (Å²) in [6, 6.07) is 0.255. The molecule has 1 aromatic rings. The molecule has 0 amide bonds. The molecule has 1 fully saturated rings. The number of nitrogens with one attached hydrogen (secondary N) is 2. The molecule has 20 heavy (non-hydrogen) atoms. The number of anilines is 2. The minimum Gasteiger partial charge on any atom is -0.392 e. The van der Waals surface area contributed by atoms with Crippen molar-refractivity contribution in [3.05, 3.63) is 11.4 Å². The highest BCUT2D eigenvalue weighted by molar-refractivity contribution is 5.57. The Kier molecular flexibility index (Phi) is 4.18. The topological polar surface area (TPSA) is 70.1 Å². The maximum absolute atomic E-state index is 9.85. The molecule has 0 bridgehead atoms. The molecule has 0 aromatic carbocycles. The second kappa shape index (κ2) is 5.56. The number of nitrogens with zero attached hydrogens (tertiary/aromatic N) is 2. The number of aliphatic hydroxyl groups is 1. The molecule has 0 spiro atoms. The van der Waals surface area contributed by atoms with E-state index in [-0.39, 0.29) is 17.6 Å². The second-order valence-corrected chi connectivity index (χ2v) is 6.23. The van der Waals surface area contributed by atoms with Gasteiger partial charge in [0.25, 0.3) is 0 Å². The van der Waals surface area contributed by atoms with E-state index in [9.17, 15) is 5.11 Å². The van der Waals surface area contributed by atoms with Crippen molar-refractivity contribution in [2.24, 2.45) is 5.41 Å². The number of aromatic nitrogens is 2. The molecule has 1 heterocycles. The van der Waals surface area contributed by atoms with Crippen molar-refractivity contribution in [2.45, 2.75) is 59.1 Å². The van der Waals surface area contributed by atoms with Gasteiger partial charge in [0.2, 0.25) is 0 Å². The van der Waals surface area contributed by atoms with Crippen molar-refractivity contribution in [3.63, 3.8) is 0 Å². The minimum atomic E-state index is -0.235. The third-order valence-corrected chi connectivity index (χ3v) is 4.43. The molecule has 3 N–H and O–H groups in total. The Balaban J connectivity index is 2.24. The second-order valence-electron chi connectivity index (χ2n) is 6.23. The molecule has 0 aliphatic heterocycles. The SMILES string of the molecule is CCCc1nc(NC)c(C)c(NC2CC(O)C2(C)C)n1. The largest absolute Gasteiger partial charge is 0.392 e. The first-order valence-corrected chi connectivity index (χ1v) is 7.40. The number of hydrogen-bond donors (Lipinski definition) is 3. The lowest BCUT2D eigenvalue weighted by Gasteiger charge is -2.49. The Hall–Kier alpha value is -1.36. The molecule has 0 radical (unpaired) electrons. The van der Waals surface area contributed by atoms with Crippen LogP contribution in [0.5, 0.6) is 0 Å². The molecule has 1 aliphatic rings. The summed E-state index contributed by atoms with van der Waals surface area (Å²) in [6.45, 7) is 8.31. The molecular formula is C15H26N4O. The lowest BCUT2D eigenvalue weighted by atomic mass is 9.64. The smallest absolute Gasteiger partial charge is 0.135 e. The Bertz CT molecular complexity index is 487. The summed E-state index contributed by atoms with van der Waals surface area (Å²) in [7, 11) is 1.88. The van der Waals surface area contributed by atoms with E-state index in [0.717, 1.165) is 42.3 Å². The third kappa shape index (κ3) is 2.59. The van der Waals surface area contributed by atoms with Crippen LogP contribution in [0.4, 0.5) is 11.6 Å². The summed E-state index contributed by atoms with van der Waals surface area (Å²) in [5, 5.41) is 16.5. The predicted octanol–water partition coefficient (Wildman–Crippen LogP) is 2.35. The van der Waals surface area contributed by atoms with Gasteiger partial charge in [-0.15, -0.1) is 0 Å². The molecule has 1 saturated carbocycles. The zero-order valence-electron chi connectivity index (χ0n) is 13.1. The maximum Gasteiger partial charge on any atom is 0.135 e. The van der Waals surface area contributed by atoms with Crippen molar-refractivity contribution >= 4 is 11.6 Å².